The van der Waals surface area contributed by atoms with E-state index in [4.69, 9.17) is 9.15 Å². The second-order valence-electron chi connectivity index (χ2n) is 7.63. The lowest BCUT2D eigenvalue weighted by molar-refractivity contribution is 0.266. The minimum atomic E-state index is 0.503. The van der Waals surface area contributed by atoms with Crippen molar-refractivity contribution in [3.05, 3.63) is 90.5 Å². The molecule has 0 bridgehead atoms. The van der Waals surface area contributed by atoms with E-state index >= 15 is 0 Å². The highest BCUT2D eigenvalue weighted by Crippen LogP contribution is 2.38. The van der Waals surface area contributed by atoms with E-state index in [1.54, 1.807) is 0 Å². The fourth-order valence-electron chi connectivity index (χ4n) is 4.54. The average molecular weight is 388 g/mol. The van der Waals surface area contributed by atoms with Gasteiger partial charge in [-0.3, -0.25) is 4.57 Å². The Morgan fingerprint density at radius 2 is 1.67 bits per heavy atom. The third kappa shape index (κ3) is 2.08. The Morgan fingerprint density at radius 3 is 2.67 bits per heavy atom. The molecule has 0 N–H and O–H groups in total. The van der Waals surface area contributed by atoms with Crippen molar-refractivity contribution >= 4 is 33.0 Å². The zero-order valence-corrected chi connectivity index (χ0v) is 16.0. The van der Waals surface area contributed by atoms with Crippen LogP contribution in [0.3, 0.4) is 0 Å². The van der Waals surface area contributed by atoms with Crippen molar-refractivity contribution in [3.63, 3.8) is 0 Å². The van der Waals surface area contributed by atoms with Crippen LogP contribution in [0.1, 0.15) is 5.56 Å². The molecule has 0 spiro atoms. The number of aromatic nitrogens is 2. The van der Waals surface area contributed by atoms with Crippen molar-refractivity contribution in [3.8, 4) is 22.8 Å². The van der Waals surface area contributed by atoms with E-state index in [0.717, 1.165) is 55.3 Å². The molecule has 3 heterocycles. The largest absolute Gasteiger partial charge is 0.459 e. The van der Waals surface area contributed by atoms with Crippen LogP contribution in [-0.2, 0) is 6.61 Å². The molecule has 7 rings (SSSR count). The van der Waals surface area contributed by atoms with E-state index in [9.17, 15) is 0 Å². The molecule has 0 amide bonds. The minimum absolute atomic E-state index is 0.503. The van der Waals surface area contributed by atoms with Gasteiger partial charge in [0, 0.05) is 21.9 Å². The summed E-state index contributed by atoms with van der Waals surface area (Å²) in [7, 11) is 0. The lowest BCUT2D eigenvalue weighted by Crippen LogP contribution is -2.12. The number of fused-ring (bicyclic) bond motifs is 8. The molecule has 4 aromatic carbocycles. The Kier molecular flexibility index (Phi) is 3.03. The topological polar surface area (TPSA) is 40.2 Å². The molecule has 4 nitrogen and oxygen atoms in total. The predicted molar refractivity (Wildman–Crippen MR) is 118 cm³/mol. The number of para-hydroxylation sites is 4. The number of hydrogen-bond acceptors (Lipinski definition) is 3. The third-order valence-electron chi connectivity index (χ3n) is 5.92. The van der Waals surface area contributed by atoms with E-state index in [1.165, 1.54) is 0 Å². The van der Waals surface area contributed by atoms with Crippen molar-refractivity contribution in [2.45, 2.75) is 6.61 Å². The molecule has 0 saturated heterocycles. The van der Waals surface area contributed by atoms with E-state index < -0.39 is 0 Å². The van der Waals surface area contributed by atoms with Gasteiger partial charge in [0.2, 0.25) is 0 Å². The average Bonchev–Trinajstić information content (AvgIpc) is 3.37. The maximum absolute atomic E-state index is 6.24. The third-order valence-corrected chi connectivity index (χ3v) is 5.92. The molecule has 1 aliphatic rings. The van der Waals surface area contributed by atoms with Gasteiger partial charge in [0.05, 0.1) is 16.7 Å². The van der Waals surface area contributed by atoms with Crippen molar-refractivity contribution in [1.29, 1.82) is 0 Å². The first-order valence-corrected chi connectivity index (χ1v) is 10.0. The lowest BCUT2D eigenvalue weighted by atomic mass is 9.99. The summed E-state index contributed by atoms with van der Waals surface area (Å²) in [4.78, 5) is 4.62. The lowest BCUT2D eigenvalue weighted by Gasteiger charge is -2.20. The highest BCUT2D eigenvalue weighted by atomic mass is 16.5. The van der Waals surface area contributed by atoms with Gasteiger partial charge in [-0.2, -0.15) is 4.98 Å². The zero-order valence-electron chi connectivity index (χ0n) is 16.0. The molecule has 0 unspecified atom stereocenters. The first-order valence-electron chi connectivity index (χ1n) is 10.0. The maximum atomic E-state index is 6.24. The fourth-order valence-corrected chi connectivity index (χ4v) is 4.54. The summed E-state index contributed by atoms with van der Waals surface area (Å²) in [5.74, 6) is 0. The number of benzene rings is 4. The van der Waals surface area contributed by atoms with Gasteiger partial charge in [-0.05, 0) is 35.9 Å². The van der Waals surface area contributed by atoms with Crippen LogP contribution in [0.15, 0.2) is 89.3 Å². The molecule has 6 aromatic rings. The first kappa shape index (κ1) is 15.8. The van der Waals surface area contributed by atoms with Crippen molar-refractivity contribution in [2.75, 3.05) is 0 Å². The normalized spacial score (nSPS) is 12.8. The Balaban J connectivity index is 1.45. The number of imidazole rings is 1. The van der Waals surface area contributed by atoms with E-state index in [0.29, 0.717) is 12.6 Å². The SMILES string of the molecule is c1ccc2c(c1)nc1n2-c2ccc(-c3cccc4c3oc3ccccc34)cc2CO1. The predicted octanol–water partition coefficient (Wildman–Crippen LogP) is 6.48. The monoisotopic (exact) mass is 388 g/mol. The van der Waals surface area contributed by atoms with Gasteiger partial charge in [-0.15, -0.1) is 0 Å². The Morgan fingerprint density at radius 1 is 0.800 bits per heavy atom. The number of rotatable bonds is 1. The molecule has 0 fully saturated rings. The molecule has 0 atom stereocenters. The standard InChI is InChI=1S/C26H16N2O2/c1-4-11-24-19(6-1)20-8-5-7-18(25(20)30-24)16-12-13-22-17(14-16)15-29-26-27-21-9-2-3-10-23(21)28(22)26/h1-14H,15H2. The van der Waals surface area contributed by atoms with Crippen molar-refractivity contribution in [1.82, 2.24) is 9.55 Å². The van der Waals surface area contributed by atoms with Gasteiger partial charge in [0.1, 0.15) is 17.8 Å². The molecule has 4 heteroatoms. The van der Waals surface area contributed by atoms with Gasteiger partial charge >= 0.3 is 6.01 Å². The molecular weight excluding hydrogens is 372 g/mol. The number of hydrogen-bond donors (Lipinski definition) is 0. The van der Waals surface area contributed by atoms with Gasteiger partial charge in [0.15, 0.2) is 0 Å². The maximum Gasteiger partial charge on any atom is 0.302 e. The summed E-state index contributed by atoms with van der Waals surface area (Å²) in [5, 5.41) is 2.28. The van der Waals surface area contributed by atoms with Crippen LogP contribution >= 0.6 is 0 Å². The van der Waals surface area contributed by atoms with E-state index in [2.05, 4.69) is 58.1 Å². The summed E-state index contributed by atoms with van der Waals surface area (Å²) in [6.45, 7) is 0.503. The summed E-state index contributed by atoms with van der Waals surface area (Å²) < 4.78 is 14.3. The van der Waals surface area contributed by atoms with Crippen LogP contribution in [0.4, 0.5) is 0 Å². The summed E-state index contributed by atoms with van der Waals surface area (Å²) in [5.41, 5.74) is 8.29. The molecule has 0 aliphatic carbocycles. The number of furan rings is 1. The van der Waals surface area contributed by atoms with E-state index in [1.807, 2.05) is 36.4 Å². The number of ether oxygens (including phenoxy) is 1. The van der Waals surface area contributed by atoms with Gasteiger partial charge in [0.25, 0.3) is 0 Å². The molecule has 0 radical (unpaired) electrons. The molecular formula is C26H16N2O2. The Hall–Kier alpha value is -4.05. The molecule has 2 aromatic heterocycles. The van der Waals surface area contributed by atoms with Crippen molar-refractivity contribution in [2.24, 2.45) is 0 Å². The second kappa shape index (κ2) is 5.74. The Bertz CT molecular complexity index is 1610. The van der Waals surface area contributed by atoms with Gasteiger partial charge in [-0.25, -0.2) is 0 Å². The van der Waals surface area contributed by atoms with Crippen LogP contribution in [0.5, 0.6) is 6.01 Å². The van der Waals surface area contributed by atoms with Gasteiger partial charge in [-0.1, -0.05) is 54.6 Å². The van der Waals surface area contributed by atoms with E-state index in [-0.39, 0.29) is 0 Å². The molecule has 0 saturated carbocycles. The van der Waals surface area contributed by atoms with Crippen LogP contribution in [-0.4, -0.2) is 9.55 Å². The fraction of sp³-hybridized carbons (Fsp3) is 0.0385. The highest BCUT2D eigenvalue weighted by molar-refractivity contribution is 6.09. The summed E-state index contributed by atoms with van der Waals surface area (Å²) >= 11 is 0. The first-order chi connectivity index (χ1) is 14.9. The van der Waals surface area contributed by atoms with Crippen LogP contribution < -0.4 is 4.74 Å². The molecule has 1 aliphatic heterocycles. The molecule has 142 valence electrons. The van der Waals surface area contributed by atoms with Crippen LogP contribution in [0.25, 0.3) is 49.8 Å². The summed E-state index contributed by atoms with van der Waals surface area (Å²) in [6.07, 6.45) is 0. The Labute approximate surface area is 171 Å². The number of nitrogens with zero attached hydrogens (tertiary/aromatic N) is 2. The molecule has 30 heavy (non-hydrogen) atoms. The highest BCUT2D eigenvalue weighted by Gasteiger charge is 2.22. The van der Waals surface area contributed by atoms with Gasteiger partial charge < -0.3 is 9.15 Å². The second-order valence-corrected chi connectivity index (χ2v) is 7.63. The quantitative estimate of drug-likeness (QED) is 0.323. The minimum Gasteiger partial charge on any atom is -0.459 e. The van der Waals surface area contributed by atoms with Crippen LogP contribution in [0, 0.1) is 0 Å². The zero-order chi connectivity index (χ0) is 19.7. The smallest absolute Gasteiger partial charge is 0.302 e. The van der Waals surface area contributed by atoms with Crippen molar-refractivity contribution < 1.29 is 9.15 Å². The summed E-state index contributed by atoms with van der Waals surface area (Å²) in [6, 6.07) is 29.8. The van der Waals surface area contributed by atoms with Crippen LogP contribution in [0.2, 0.25) is 0 Å².